The number of hydrogen-bond acceptors (Lipinski definition) is 4. The molecule has 0 amide bonds. The van der Waals surface area contributed by atoms with Gasteiger partial charge in [0.25, 0.3) is 0 Å². The van der Waals surface area contributed by atoms with E-state index in [0.29, 0.717) is 0 Å². The molecule has 7 aromatic carbocycles. The molecule has 0 atom stereocenters. The summed E-state index contributed by atoms with van der Waals surface area (Å²) in [5, 5.41) is 3.62. The van der Waals surface area contributed by atoms with Crippen LogP contribution >= 0.6 is 22.7 Å². The maximum Gasteiger partial charge on any atom is 0.124 e. The Morgan fingerprint density at radius 2 is 0.979 bits per heavy atom. The van der Waals surface area contributed by atoms with Crippen molar-refractivity contribution in [2.75, 3.05) is 4.90 Å². The Morgan fingerprint density at radius 3 is 1.72 bits per heavy atom. The van der Waals surface area contributed by atoms with Crippen LogP contribution in [0.5, 0.6) is 0 Å². The zero-order valence-electron chi connectivity index (χ0n) is 25.4. The molecule has 0 saturated carbocycles. The third kappa shape index (κ3) is 5.08. The maximum atomic E-state index is 5.05. The molecule has 9 rings (SSSR count). The number of thiophene rings is 1. The highest BCUT2D eigenvalue weighted by Crippen LogP contribution is 2.45. The molecule has 47 heavy (non-hydrogen) atoms. The van der Waals surface area contributed by atoms with Crippen LogP contribution in [-0.4, -0.2) is 4.98 Å². The lowest BCUT2D eigenvalue weighted by atomic mass is 10.00. The van der Waals surface area contributed by atoms with Gasteiger partial charge in [-0.3, -0.25) is 0 Å². The van der Waals surface area contributed by atoms with Gasteiger partial charge in [-0.25, -0.2) is 4.98 Å². The molecule has 9 aromatic rings. The number of aromatic nitrogens is 1. The second-order valence-corrected chi connectivity index (χ2v) is 13.7. The van der Waals surface area contributed by atoms with E-state index >= 15 is 0 Å². The molecule has 0 fully saturated rings. The number of para-hydroxylation sites is 1. The largest absolute Gasteiger partial charge is 0.310 e. The predicted molar refractivity (Wildman–Crippen MR) is 203 cm³/mol. The highest BCUT2D eigenvalue weighted by atomic mass is 32.1. The minimum atomic E-state index is 1.05. The Morgan fingerprint density at radius 1 is 0.404 bits per heavy atom. The quantitative estimate of drug-likeness (QED) is 0.181. The molecule has 0 aliphatic rings. The van der Waals surface area contributed by atoms with E-state index in [1.165, 1.54) is 47.1 Å². The molecule has 0 N–H and O–H groups in total. The summed E-state index contributed by atoms with van der Waals surface area (Å²) in [6.45, 7) is 0. The predicted octanol–water partition coefficient (Wildman–Crippen LogP) is 13.1. The van der Waals surface area contributed by atoms with Crippen molar-refractivity contribution in [1.82, 2.24) is 4.98 Å². The number of nitrogens with zero attached hydrogens (tertiary/aromatic N) is 2. The fourth-order valence-corrected chi connectivity index (χ4v) is 8.70. The van der Waals surface area contributed by atoms with Crippen molar-refractivity contribution in [3.05, 3.63) is 170 Å². The van der Waals surface area contributed by atoms with Crippen LogP contribution in [0.15, 0.2) is 170 Å². The number of fused-ring (bicyclic) bond motifs is 5. The van der Waals surface area contributed by atoms with Gasteiger partial charge in [0.15, 0.2) is 0 Å². The Labute approximate surface area is 281 Å². The smallest absolute Gasteiger partial charge is 0.124 e. The summed E-state index contributed by atoms with van der Waals surface area (Å²) in [7, 11) is 0. The van der Waals surface area contributed by atoms with Crippen LogP contribution in [0.3, 0.4) is 0 Å². The minimum absolute atomic E-state index is 1.05. The molecule has 0 spiro atoms. The normalized spacial score (nSPS) is 11.4. The van der Waals surface area contributed by atoms with Gasteiger partial charge >= 0.3 is 0 Å². The molecule has 2 nitrogen and oxygen atoms in total. The third-order valence-electron chi connectivity index (χ3n) is 8.69. The van der Waals surface area contributed by atoms with E-state index in [9.17, 15) is 0 Å². The first-order valence-electron chi connectivity index (χ1n) is 15.7. The SMILES string of the molecule is c1ccc(-c2ccc(-c3cccc(N(c4ccccc4)c4ccc5sc6ccc7nc(-c8ccccc8)sc7c6c5c4)c3)cc2)cc1. The summed E-state index contributed by atoms with van der Waals surface area (Å²) >= 11 is 3.64. The fourth-order valence-electron chi connectivity index (χ4n) is 6.41. The molecule has 2 aromatic heterocycles. The molecule has 0 aliphatic heterocycles. The van der Waals surface area contributed by atoms with E-state index in [1.807, 2.05) is 11.3 Å². The molecule has 0 radical (unpaired) electrons. The lowest BCUT2D eigenvalue weighted by molar-refractivity contribution is 1.29. The van der Waals surface area contributed by atoms with Crippen molar-refractivity contribution >= 4 is 70.1 Å². The number of rotatable bonds is 6. The average molecular weight is 637 g/mol. The van der Waals surface area contributed by atoms with E-state index in [1.54, 1.807) is 11.3 Å². The van der Waals surface area contributed by atoms with Crippen LogP contribution in [0.1, 0.15) is 0 Å². The minimum Gasteiger partial charge on any atom is -0.310 e. The van der Waals surface area contributed by atoms with Gasteiger partial charge in [0, 0.05) is 42.8 Å². The molecular weight excluding hydrogens is 609 g/mol. The molecule has 0 unspecified atom stereocenters. The molecule has 0 saturated heterocycles. The Hall–Kier alpha value is -5.55. The van der Waals surface area contributed by atoms with Crippen molar-refractivity contribution in [2.45, 2.75) is 0 Å². The Balaban J connectivity index is 1.17. The van der Waals surface area contributed by atoms with Gasteiger partial charge in [-0.05, 0) is 76.9 Å². The van der Waals surface area contributed by atoms with Crippen LogP contribution < -0.4 is 4.90 Å². The fraction of sp³-hybridized carbons (Fsp3) is 0. The highest BCUT2D eigenvalue weighted by molar-refractivity contribution is 7.28. The molecule has 4 heteroatoms. The van der Waals surface area contributed by atoms with Gasteiger partial charge in [0.05, 0.1) is 10.2 Å². The van der Waals surface area contributed by atoms with Gasteiger partial charge in [-0.2, -0.15) is 0 Å². The summed E-state index contributed by atoms with van der Waals surface area (Å²) < 4.78 is 3.82. The second kappa shape index (κ2) is 11.7. The summed E-state index contributed by atoms with van der Waals surface area (Å²) in [6.07, 6.45) is 0. The average Bonchev–Trinajstić information content (AvgIpc) is 3.75. The number of benzene rings is 7. The molecular formula is C43H28N2S2. The van der Waals surface area contributed by atoms with Gasteiger partial charge in [-0.15, -0.1) is 22.7 Å². The lowest BCUT2D eigenvalue weighted by Gasteiger charge is -2.26. The zero-order chi connectivity index (χ0) is 31.2. The van der Waals surface area contributed by atoms with E-state index in [0.717, 1.165) is 33.1 Å². The van der Waals surface area contributed by atoms with Crippen molar-refractivity contribution in [3.63, 3.8) is 0 Å². The number of anilines is 3. The molecule has 222 valence electrons. The van der Waals surface area contributed by atoms with E-state index in [4.69, 9.17) is 4.98 Å². The monoisotopic (exact) mass is 636 g/mol. The van der Waals surface area contributed by atoms with Gasteiger partial charge < -0.3 is 4.90 Å². The van der Waals surface area contributed by atoms with Crippen LogP contribution in [0, 0.1) is 0 Å². The first-order valence-corrected chi connectivity index (χ1v) is 17.3. The molecule has 0 aliphatic carbocycles. The van der Waals surface area contributed by atoms with Crippen LogP contribution in [0.25, 0.3) is 63.2 Å². The van der Waals surface area contributed by atoms with Gasteiger partial charge in [0.1, 0.15) is 5.01 Å². The Kier molecular flexibility index (Phi) is 6.89. The van der Waals surface area contributed by atoms with Crippen molar-refractivity contribution in [1.29, 1.82) is 0 Å². The topological polar surface area (TPSA) is 16.1 Å². The lowest BCUT2D eigenvalue weighted by Crippen LogP contribution is -2.09. The maximum absolute atomic E-state index is 5.05. The van der Waals surface area contributed by atoms with Crippen molar-refractivity contribution in [2.24, 2.45) is 0 Å². The van der Waals surface area contributed by atoms with Crippen LogP contribution in [-0.2, 0) is 0 Å². The second-order valence-electron chi connectivity index (χ2n) is 11.6. The number of hydrogen-bond donors (Lipinski definition) is 0. The van der Waals surface area contributed by atoms with Gasteiger partial charge in [0.2, 0.25) is 0 Å². The van der Waals surface area contributed by atoms with Crippen molar-refractivity contribution in [3.8, 4) is 32.8 Å². The van der Waals surface area contributed by atoms with E-state index in [-0.39, 0.29) is 0 Å². The third-order valence-corrected chi connectivity index (χ3v) is 11.0. The standard InChI is InChI=1S/C43H28N2S2/c1-4-11-29(12-5-1)30-19-21-31(22-20-30)33-15-10-18-35(27-33)45(34-16-8-3-9-17-34)36-23-25-39-37(28-36)41-40(46-39)26-24-38-42(41)47-43(44-38)32-13-6-2-7-14-32/h1-28H. The van der Waals surface area contributed by atoms with Gasteiger partial charge in [-0.1, -0.05) is 115 Å². The summed E-state index contributed by atoms with van der Waals surface area (Å²) in [5.74, 6) is 0. The van der Waals surface area contributed by atoms with Crippen molar-refractivity contribution < 1.29 is 0 Å². The summed E-state index contributed by atoms with van der Waals surface area (Å²) in [5.41, 5.74) is 10.4. The Bertz CT molecular complexity index is 2500. The highest BCUT2D eigenvalue weighted by Gasteiger charge is 2.18. The van der Waals surface area contributed by atoms with E-state index < -0.39 is 0 Å². The first-order chi connectivity index (χ1) is 23.3. The van der Waals surface area contributed by atoms with Crippen LogP contribution in [0.2, 0.25) is 0 Å². The van der Waals surface area contributed by atoms with E-state index in [2.05, 4.69) is 175 Å². The molecule has 2 heterocycles. The van der Waals surface area contributed by atoms with Crippen LogP contribution in [0.4, 0.5) is 17.1 Å². The molecule has 0 bridgehead atoms. The number of thiazole rings is 1. The zero-order valence-corrected chi connectivity index (χ0v) is 27.0. The summed E-state index contributed by atoms with van der Waals surface area (Å²) in [4.78, 5) is 7.41. The summed E-state index contributed by atoms with van der Waals surface area (Å²) in [6, 6.07) is 60.8. The first kappa shape index (κ1) is 27.7.